The van der Waals surface area contributed by atoms with E-state index in [9.17, 15) is 9.90 Å². The van der Waals surface area contributed by atoms with Crippen molar-refractivity contribution < 1.29 is 9.90 Å². The van der Waals surface area contributed by atoms with Gasteiger partial charge in [-0.25, -0.2) is 0 Å². The molecule has 0 saturated carbocycles. The summed E-state index contributed by atoms with van der Waals surface area (Å²) in [5, 5.41) is 10.1. The fourth-order valence-corrected chi connectivity index (χ4v) is 3.66. The molecule has 1 N–H and O–H groups in total. The van der Waals surface area contributed by atoms with Crippen LogP contribution in [0.15, 0.2) is 84.9 Å². The number of amides is 1. The lowest BCUT2D eigenvalue weighted by Gasteiger charge is -2.33. The number of rotatable bonds is 4. The molecule has 1 aliphatic heterocycles. The first-order valence-electron chi connectivity index (χ1n) is 8.43. The summed E-state index contributed by atoms with van der Waals surface area (Å²) in [7, 11) is 0. The van der Waals surface area contributed by atoms with Crippen LogP contribution in [0, 0.1) is 0 Å². The van der Waals surface area contributed by atoms with Crippen molar-refractivity contribution in [1.82, 2.24) is 4.90 Å². The Morgan fingerprint density at radius 1 is 0.840 bits per heavy atom. The normalized spacial score (nSPS) is 17.4. The van der Waals surface area contributed by atoms with E-state index in [1.807, 2.05) is 89.8 Å². The number of carbonyl (C=O) groups excluding carboxylic acids is 1. The number of fused-ring (bicyclic) bond motifs is 1. The second kappa shape index (κ2) is 6.54. The molecule has 0 bridgehead atoms. The molecule has 1 heterocycles. The molecule has 0 radical (unpaired) electrons. The number of hydrogen-bond acceptors (Lipinski definition) is 2. The van der Waals surface area contributed by atoms with Gasteiger partial charge in [-0.05, 0) is 22.8 Å². The quantitative estimate of drug-likeness (QED) is 0.787. The highest BCUT2D eigenvalue weighted by Gasteiger charge is 2.41. The monoisotopic (exact) mass is 329 g/mol. The molecule has 2 atom stereocenters. The lowest BCUT2D eigenvalue weighted by atomic mass is 9.96. The number of aliphatic hydroxyl groups excluding tert-OH is 1. The number of benzene rings is 3. The SMILES string of the molecule is O=C1c2ccccc2[C@H](c2ccccc2)N1[C@H](CO)c1ccccc1. The van der Waals surface area contributed by atoms with E-state index in [4.69, 9.17) is 0 Å². The molecule has 0 aliphatic carbocycles. The molecule has 0 unspecified atom stereocenters. The Balaban J connectivity index is 1.86. The third-order valence-electron chi connectivity index (χ3n) is 4.81. The predicted octanol–water partition coefficient (Wildman–Crippen LogP) is 3.97. The number of hydrogen-bond donors (Lipinski definition) is 1. The first-order chi connectivity index (χ1) is 12.3. The average Bonchev–Trinajstić information content (AvgIpc) is 2.97. The van der Waals surface area contributed by atoms with Gasteiger partial charge in [0.15, 0.2) is 0 Å². The topological polar surface area (TPSA) is 40.5 Å². The van der Waals surface area contributed by atoms with Crippen LogP contribution in [0.4, 0.5) is 0 Å². The lowest BCUT2D eigenvalue weighted by Crippen LogP contribution is -2.35. The Bertz CT molecular complexity index is 877. The Labute approximate surface area is 147 Å². The molecule has 0 fully saturated rings. The second-order valence-electron chi connectivity index (χ2n) is 6.22. The van der Waals surface area contributed by atoms with Crippen molar-refractivity contribution >= 4 is 5.91 Å². The van der Waals surface area contributed by atoms with E-state index in [0.717, 1.165) is 16.7 Å². The van der Waals surface area contributed by atoms with Crippen LogP contribution < -0.4 is 0 Å². The van der Waals surface area contributed by atoms with E-state index in [0.29, 0.717) is 5.56 Å². The summed E-state index contributed by atoms with van der Waals surface area (Å²) in [6.07, 6.45) is 0. The summed E-state index contributed by atoms with van der Waals surface area (Å²) in [6.45, 7) is -0.118. The largest absolute Gasteiger partial charge is 0.394 e. The number of aliphatic hydroxyl groups is 1. The smallest absolute Gasteiger partial charge is 0.255 e. The third kappa shape index (κ3) is 2.63. The van der Waals surface area contributed by atoms with E-state index in [1.54, 1.807) is 0 Å². The Hall–Kier alpha value is -2.91. The van der Waals surface area contributed by atoms with Crippen LogP contribution in [-0.2, 0) is 0 Å². The molecule has 0 aromatic heterocycles. The summed E-state index contributed by atoms with van der Waals surface area (Å²) in [5.41, 5.74) is 3.70. The fraction of sp³-hybridized carbons (Fsp3) is 0.136. The minimum Gasteiger partial charge on any atom is -0.394 e. The number of nitrogens with zero attached hydrogens (tertiary/aromatic N) is 1. The molecule has 3 aromatic carbocycles. The maximum atomic E-state index is 13.2. The van der Waals surface area contributed by atoms with Crippen molar-refractivity contribution in [3.8, 4) is 0 Å². The van der Waals surface area contributed by atoms with E-state index < -0.39 is 0 Å². The highest BCUT2D eigenvalue weighted by molar-refractivity contribution is 6.00. The first-order valence-corrected chi connectivity index (χ1v) is 8.43. The van der Waals surface area contributed by atoms with Gasteiger partial charge in [0, 0.05) is 5.56 Å². The third-order valence-corrected chi connectivity index (χ3v) is 4.81. The number of carbonyl (C=O) groups is 1. The molecule has 1 amide bonds. The summed E-state index contributed by atoms with van der Waals surface area (Å²) in [5.74, 6) is -0.0349. The van der Waals surface area contributed by atoms with Crippen molar-refractivity contribution in [2.45, 2.75) is 12.1 Å². The standard InChI is InChI=1S/C22H19NO2/c24-15-20(16-9-3-1-4-10-16)23-21(17-11-5-2-6-12-17)18-13-7-8-14-19(18)22(23)25/h1-14,20-21,24H,15H2/t20-,21+/m1/s1. The lowest BCUT2D eigenvalue weighted by molar-refractivity contribution is 0.0562. The maximum absolute atomic E-state index is 13.2. The predicted molar refractivity (Wildman–Crippen MR) is 97.2 cm³/mol. The highest BCUT2D eigenvalue weighted by Crippen LogP contribution is 2.43. The highest BCUT2D eigenvalue weighted by atomic mass is 16.3. The molecule has 0 saturated heterocycles. The summed E-state index contributed by atoms with van der Waals surface area (Å²) >= 11 is 0. The van der Waals surface area contributed by atoms with Gasteiger partial charge in [0.05, 0.1) is 18.7 Å². The Morgan fingerprint density at radius 3 is 2.12 bits per heavy atom. The molecule has 0 spiro atoms. The summed E-state index contributed by atoms with van der Waals surface area (Å²) in [6, 6.07) is 26.9. The van der Waals surface area contributed by atoms with E-state index in [-0.39, 0.29) is 24.6 Å². The molecule has 4 rings (SSSR count). The van der Waals surface area contributed by atoms with Crippen LogP contribution in [0.5, 0.6) is 0 Å². The fourth-order valence-electron chi connectivity index (χ4n) is 3.66. The van der Waals surface area contributed by atoms with Crippen molar-refractivity contribution in [3.63, 3.8) is 0 Å². The molecule has 124 valence electrons. The molecular formula is C22H19NO2. The van der Waals surface area contributed by atoms with Gasteiger partial charge < -0.3 is 10.0 Å². The van der Waals surface area contributed by atoms with Crippen molar-refractivity contribution in [1.29, 1.82) is 0 Å². The Morgan fingerprint density at radius 2 is 1.44 bits per heavy atom. The molecule has 3 nitrogen and oxygen atoms in total. The van der Waals surface area contributed by atoms with Crippen LogP contribution in [0.3, 0.4) is 0 Å². The minimum absolute atomic E-state index is 0.0349. The van der Waals surface area contributed by atoms with Gasteiger partial charge in [-0.15, -0.1) is 0 Å². The van der Waals surface area contributed by atoms with Crippen LogP contribution in [-0.4, -0.2) is 22.5 Å². The molecule has 25 heavy (non-hydrogen) atoms. The molecule has 3 aromatic rings. The zero-order valence-electron chi connectivity index (χ0n) is 13.7. The minimum atomic E-state index is -0.383. The van der Waals surface area contributed by atoms with Crippen LogP contribution in [0.1, 0.15) is 39.1 Å². The van der Waals surface area contributed by atoms with Gasteiger partial charge in [0.25, 0.3) is 5.91 Å². The van der Waals surface area contributed by atoms with Gasteiger partial charge >= 0.3 is 0 Å². The van der Waals surface area contributed by atoms with Crippen molar-refractivity contribution in [2.24, 2.45) is 0 Å². The summed E-state index contributed by atoms with van der Waals surface area (Å²) in [4.78, 5) is 15.0. The van der Waals surface area contributed by atoms with Gasteiger partial charge in [-0.2, -0.15) is 0 Å². The van der Waals surface area contributed by atoms with Gasteiger partial charge in [-0.1, -0.05) is 78.9 Å². The zero-order valence-corrected chi connectivity index (χ0v) is 13.7. The maximum Gasteiger partial charge on any atom is 0.255 e. The van der Waals surface area contributed by atoms with Gasteiger partial charge in [-0.3, -0.25) is 4.79 Å². The molecular weight excluding hydrogens is 310 g/mol. The average molecular weight is 329 g/mol. The first kappa shape index (κ1) is 15.6. The second-order valence-corrected chi connectivity index (χ2v) is 6.22. The van der Waals surface area contributed by atoms with Crippen LogP contribution in [0.2, 0.25) is 0 Å². The Kier molecular flexibility index (Phi) is 4.08. The molecule has 3 heteroatoms. The van der Waals surface area contributed by atoms with Crippen LogP contribution >= 0.6 is 0 Å². The van der Waals surface area contributed by atoms with Crippen molar-refractivity contribution in [3.05, 3.63) is 107 Å². The van der Waals surface area contributed by atoms with Crippen LogP contribution in [0.25, 0.3) is 0 Å². The van der Waals surface area contributed by atoms with Gasteiger partial charge in [0.2, 0.25) is 0 Å². The zero-order chi connectivity index (χ0) is 17.2. The van der Waals surface area contributed by atoms with E-state index >= 15 is 0 Å². The molecule has 1 aliphatic rings. The van der Waals surface area contributed by atoms with E-state index in [2.05, 4.69) is 0 Å². The summed E-state index contributed by atoms with van der Waals surface area (Å²) < 4.78 is 0. The van der Waals surface area contributed by atoms with Gasteiger partial charge in [0.1, 0.15) is 0 Å². The van der Waals surface area contributed by atoms with Crippen molar-refractivity contribution in [2.75, 3.05) is 6.61 Å². The van der Waals surface area contributed by atoms with E-state index in [1.165, 1.54) is 0 Å².